The van der Waals surface area contributed by atoms with Crippen LogP contribution in [0.4, 0.5) is 16.2 Å². The second-order valence-corrected chi connectivity index (χ2v) is 6.29. The average Bonchev–Trinajstić information content (AvgIpc) is 3.15. The minimum absolute atomic E-state index is 0.163. The molecule has 3 aromatic rings. The molecule has 134 valence electrons. The Bertz CT molecular complexity index is 812. The van der Waals surface area contributed by atoms with E-state index in [1.165, 1.54) is 0 Å². The van der Waals surface area contributed by atoms with E-state index in [1.807, 2.05) is 73.6 Å². The number of amides is 2. The van der Waals surface area contributed by atoms with Crippen LogP contribution in [0.1, 0.15) is 11.3 Å². The Balaban J connectivity index is 1.75. The van der Waals surface area contributed by atoms with E-state index >= 15 is 0 Å². The summed E-state index contributed by atoms with van der Waals surface area (Å²) in [5.74, 6) is 0.748. The molecule has 0 aliphatic carbocycles. The zero-order chi connectivity index (χ0) is 18.4. The summed E-state index contributed by atoms with van der Waals surface area (Å²) in [6, 6.07) is 21.2. The first-order chi connectivity index (χ1) is 12.6. The fraction of sp³-hybridized carbons (Fsp3) is 0.190. The lowest BCUT2D eigenvalue weighted by atomic mass is 10.2. The second-order valence-electron chi connectivity index (χ2n) is 6.29. The van der Waals surface area contributed by atoms with Gasteiger partial charge in [-0.1, -0.05) is 30.3 Å². The molecule has 26 heavy (non-hydrogen) atoms. The highest BCUT2D eigenvalue weighted by Crippen LogP contribution is 2.17. The lowest BCUT2D eigenvalue weighted by Crippen LogP contribution is -2.34. The molecule has 0 spiro atoms. The van der Waals surface area contributed by atoms with Crippen LogP contribution < -0.4 is 10.2 Å². The number of para-hydroxylation sites is 1. The van der Waals surface area contributed by atoms with E-state index in [9.17, 15) is 4.79 Å². The maximum Gasteiger partial charge on any atom is 0.322 e. The summed E-state index contributed by atoms with van der Waals surface area (Å²) in [5.41, 5.74) is 2.95. The number of rotatable bonds is 6. The Morgan fingerprint density at radius 1 is 0.923 bits per heavy atom. The van der Waals surface area contributed by atoms with Gasteiger partial charge in [-0.2, -0.15) is 0 Å². The summed E-state index contributed by atoms with van der Waals surface area (Å²) >= 11 is 0. The topological polar surface area (TPSA) is 48.7 Å². The molecule has 0 radical (unpaired) electrons. The lowest BCUT2D eigenvalue weighted by Gasteiger charge is -2.23. The van der Waals surface area contributed by atoms with Crippen molar-refractivity contribution in [1.29, 1.82) is 0 Å². The normalized spacial score (nSPS) is 10.4. The van der Waals surface area contributed by atoms with Gasteiger partial charge < -0.3 is 19.5 Å². The maximum atomic E-state index is 12.8. The van der Waals surface area contributed by atoms with E-state index < -0.39 is 0 Å². The van der Waals surface area contributed by atoms with Crippen molar-refractivity contribution in [3.63, 3.8) is 0 Å². The number of hydrogen-bond acceptors (Lipinski definition) is 3. The van der Waals surface area contributed by atoms with Gasteiger partial charge in [0.2, 0.25) is 0 Å². The molecule has 1 N–H and O–H groups in total. The van der Waals surface area contributed by atoms with Gasteiger partial charge in [-0.25, -0.2) is 4.79 Å². The second kappa shape index (κ2) is 8.25. The number of anilines is 2. The molecular formula is C21H23N3O2. The number of carbonyl (C=O) groups is 1. The molecule has 2 amide bonds. The third-order valence-electron chi connectivity index (χ3n) is 4.07. The van der Waals surface area contributed by atoms with Crippen LogP contribution in [0, 0.1) is 0 Å². The third-order valence-corrected chi connectivity index (χ3v) is 4.07. The van der Waals surface area contributed by atoms with Crippen molar-refractivity contribution < 1.29 is 9.21 Å². The number of nitrogens with one attached hydrogen (secondary N) is 1. The highest BCUT2D eigenvalue weighted by atomic mass is 16.3. The van der Waals surface area contributed by atoms with Crippen LogP contribution >= 0.6 is 0 Å². The first kappa shape index (κ1) is 17.6. The van der Waals surface area contributed by atoms with Gasteiger partial charge in [0.25, 0.3) is 0 Å². The summed E-state index contributed by atoms with van der Waals surface area (Å²) in [7, 11) is 4.01. The number of hydrogen-bond donors (Lipinski definition) is 1. The fourth-order valence-corrected chi connectivity index (χ4v) is 2.63. The van der Waals surface area contributed by atoms with E-state index in [4.69, 9.17) is 4.42 Å². The van der Waals surface area contributed by atoms with E-state index in [0.29, 0.717) is 13.1 Å². The Hall–Kier alpha value is -3.21. The van der Waals surface area contributed by atoms with Gasteiger partial charge in [0.05, 0.1) is 12.8 Å². The molecule has 0 saturated heterocycles. The molecule has 1 heterocycles. The van der Waals surface area contributed by atoms with Crippen LogP contribution in [0.2, 0.25) is 0 Å². The van der Waals surface area contributed by atoms with E-state index in [2.05, 4.69) is 17.4 Å². The zero-order valence-corrected chi connectivity index (χ0v) is 15.1. The summed E-state index contributed by atoms with van der Waals surface area (Å²) in [5, 5.41) is 2.94. The molecule has 3 rings (SSSR count). The Kier molecular flexibility index (Phi) is 5.59. The van der Waals surface area contributed by atoms with Gasteiger partial charge >= 0.3 is 6.03 Å². The number of nitrogens with zero attached hydrogens (tertiary/aromatic N) is 2. The molecule has 0 bridgehead atoms. The molecule has 0 atom stereocenters. The van der Waals surface area contributed by atoms with Gasteiger partial charge in [-0.05, 0) is 42.0 Å². The largest absolute Gasteiger partial charge is 0.467 e. The Morgan fingerprint density at radius 2 is 1.65 bits per heavy atom. The minimum atomic E-state index is -0.163. The zero-order valence-electron chi connectivity index (χ0n) is 15.1. The number of furan rings is 1. The molecule has 5 nitrogen and oxygen atoms in total. The summed E-state index contributed by atoms with van der Waals surface area (Å²) in [6.07, 6.45) is 1.62. The Morgan fingerprint density at radius 3 is 2.27 bits per heavy atom. The van der Waals surface area contributed by atoms with Gasteiger partial charge in [-0.15, -0.1) is 0 Å². The van der Waals surface area contributed by atoms with Crippen LogP contribution in [-0.2, 0) is 13.1 Å². The van der Waals surface area contributed by atoms with Crippen molar-refractivity contribution in [2.24, 2.45) is 0 Å². The monoisotopic (exact) mass is 349 g/mol. The molecule has 1 aromatic heterocycles. The quantitative estimate of drug-likeness (QED) is 0.709. The molecule has 5 heteroatoms. The molecule has 0 saturated carbocycles. The number of benzene rings is 2. The van der Waals surface area contributed by atoms with Crippen molar-refractivity contribution >= 4 is 17.4 Å². The summed E-state index contributed by atoms with van der Waals surface area (Å²) < 4.78 is 5.42. The van der Waals surface area contributed by atoms with Crippen LogP contribution in [0.5, 0.6) is 0 Å². The van der Waals surface area contributed by atoms with Crippen LogP contribution in [0.3, 0.4) is 0 Å². The highest BCUT2D eigenvalue weighted by molar-refractivity contribution is 5.89. The van der Waals surface area contributed by atoms with Crippen molar-refractivity contribution in [2.45, 2.75) is 13.1 Å². The average molecular weight is 349 g/mol. The SMILES string of the molecule is CN(C)c1ccc(CN(Cc2ccco2)C(=O)Nc2ccccc2)cc1. The van der Waals surface area contributed by atoms with Crippen LogP contribution in [0.15, 0.2) is 77.4 Å². The minimum Gasteiger partial charge on any atom is -0.467 e. The van der Waals surface area contributed by atoms with E-state index in [-0.39, 0.29) is 6.03 Å². The maximum absolute atomic E-state index is 12.8. The highest BCUT2D eigenvalue weighted by Gasteiger charge is 2.16. The fourth-order valence-electron chi connectivity index (χ4n) is 2.63. The first-order valence-corrected chi connectivity index (χ1v) is 8.51. The number of carbonyl (C=O) groups excluding carboxylic acids is 1. The smallest absolute Gasteiger partial charge is 0.322 e. The molecule has 0 aliphatic rings. The number of urea groups is 1. The van der Waals surface area contributed by atoms with E-state index in [1.54, 1.807) is 11.2 Å². The summed E-state index contributed by atoms with van der Waals surface area (Å²) in [4.78, 5) is 16.6. The van der Waals surface area contributed by atoms with Crippen LogP contribution in [-0.4, -0.2) is 25.0 Å². The molecule has 2 aromatic carbocycles. The molecular weight excluding hydrogens is 326 g/mol. The predicted octanol–water partition coefficient (Wildman–Crippen LogP) is 4.58. The van der Waals surface area contributed by atoms with Crippen molar-refractivity contribution in [2.75, 3.05) is 24.3 Å². The van der Waals surface area contributed by atoms with Gasteiger partial charge in [0.1, 0.15) is 5.76 Å². The molecule has 0 unspecified atom stereocenters. The van der Waals surface area contributed by atoms with E-state index in [0.717, 1.165) is 22.7 Å². The standard InChI is InChI=1S/C21H23N3O2/c1-23(2)19-12-10-17(11-13-19)15-24(16-20-9-6-14-26-20)21(25)22-18-7-4-3-5-8-18/h3-14H,15-16H2,1-2H3,(H,22,25). The summed E-state index contributed by atoms with van der Waals surface area (Å²) in [6.45, 7) is 0.897. The Labute approximate surface area is 153 Å². The van der Waals surface area contributed by atoms with Crippen LogP contribution in [0.25, 0.3) is 0 Å². The lowest BCUT2D eigenvalue weighted by molar-refractivity contribution is 0.201. The van der Waals surface area contributed by atoms with Crippen molar-refractivity contribution in [3.05, 3.63) is 84.3 Å². The van der Waals surface area contributed by atoms with Crippen molar-refractivity contribution in [3.8, 4) is 0 Å². The first-order valence-electron chi connectivity index (χ1n) is 8.51. The van der Waals surface area contributed by atoms with Crippen molar-refractivity contribution in [1.82, 2.24) is 4.90 Å². The van der Waals surface area contributed by atoms with Gasteiger partial charge in [0, 0.05) is 32.0 Å². The third kappa shape index (κ3) is 4.66. The molecule has 0 fully saturated rings. The predicted molar refractivity (Wildman–Crippen MR) is 104 cm³/mol. The molecule has 0 aliphatic heterocycles. The van der Waals surface area contributed by atoms with Gasteiger partial charge in [-0.3, -0.25) is 0 Å². The van der Waals surface area contributed by atoms with Gasteiger partial charge in [0.15, 0.2) is 0 Å².